The molecule has 2 saturated heterocycles. The van der Waals surface area contributed by atoms with E-state index in [9.17, 15) is 0 Å². The average Bonchev–Trinajstić information content (AvgIpc) is 3.60. The number of aromatic nitrogens is 5. The smallest absolute Gasteiger partial charge is 0.258 e. The Balaban J connectivity index is 1.21. The molecule has 0 radical (unpaired) electrons. The van der Waals surface area contributed by atoms with Crippen LogP contribution in [0.3, 0.4) is 0 Å². The average molecular weight is 650 g/mol. The third kappa shape index (κ3) is 6.50. The minimum absolute atomic E-state index is 0.511. The molecule has 5 aromatic rings. The van der Waals surface area contributed by atoms with Crippen molar-refractivity contribution in [1.82, 2.24) is 24.7 Å². The van der Waals surface area contributed by atoms with Gasteiger partial charge in [0.25, 0.3) is 5.95 Å². The van der Waals surface area contributed by atoms with E-state index in [-0.39, 0.29) is 0 Å². The fraction of sp³-hybridized carbons (Fsp3) is 0.314. The van der Waals surface area contributed by atoms with Crippen molar-refractivity contribution < 1.29 is 9.47 Å². The summed E-state index contributed by atoms with van der Waals surface area (Å²) in [5.41, 5.74) is 4.20. The minimum Gasteiger partial charge on any atom is -0.493 e. The summed E-state index contributed by atoms with van der Waals surface area (Å²) in [4.78, 5) is 24.5. The molecule has 2 aliphatic rings. The van der Waals surface area contributed by atoms with E-state index in [1.54, 1.807) is 26.0 Å². The molecule has 47 heavy (non-hydrogen) atoms. The molecule has 0 atom stereocenters. The normalized spacial score (nSPS) is 15.2. The number of nitrogens with zero attached hydrogens (tertiary/aromatic N) is 9. The van der Waals surface area contributed by atoms with E-state index >= 15 is 0 Å². The Morgan fingerprint density at radius 1 is 0.553 bits per heavy atom. The van der Waals surface area contributed by atoms with E-state index in [1.165, 1.54) is 11.4 Å². The number of para-hydroxylation sites is 2. The van der Waals surface area contributed by atoms with Crippen LogP contribution in [0.5, 0.6) is 11.5 Å². The van der Waals surface area contributed by atoms with Gasteiger partial charge in [0.2, 0.25) is 11.9 Å². The Morgan fingerprint density at radius 2 is 1.04 bits per heavy atom. The summed E-state index contributed by atoms with van der Waals surface area (Å²) in [6.45, 7) is 6.79. The standard InChI is InChI=1S/C35H39N9O2S/c1-45-30-15-14-26(24-31(30)46-2)29-25-32(47-3)44(39-29)35-37-33(42-20-16-40(17-21-42)27-10-6-4-7-11-27)36-34(38-35)43-22-18-41(19-23-43)28-12-8-5-9-13-28/h4-15,24-25H,16-23H2,1-3H3. The maximum Gasteiger partial charge on any atom is 0.258 e. The Labute approximate surface area is 279 Å². The van der Waals surface area contributed by atoms with Gasteiger partial charge in [0, 0.05) is 69.3 Å². The minimum atomic E-state index is 0.511. The van der Waals surface area contributed by atoms with E-state index in [0.29, 0.717) is 29.3 Å². The molecule has 7 rings (SSSR count). The lowest BCUT2D eigenvalue weighted by molar-refractivity contribution is 0.355. The van der Waals surface area contributed by atoms with E-state index in [1.807, 2.05) is 29.1 Å². The van der Waals surface area contributed by atoms with Crippen LogP contribution in [-0.4, -0.2) is 97.6 Å². The molecule has 11 nitrogen and oxygen atoms in total. The third-order valence-corrected chi connectivity index (χ3v) is 9.43. The van der Waals surface area contributed by atoms with Gasteiger partial charge in [-0.3, -0.25) is 0 Å². The largest absolute Gasteiger partial charge is 0.493 e. The molecule has 12 heteroatoms. The third-order valence-electron chi connectivity index (χ3n) is 8.72. The van der Waals surface area contributed by atoms with Crippen molar-refractivity contribution in [2.45, 2.75) is 5.03 Å². The molecular weight excluding hydrogens is 611 g/mol. The van der Waals surface area contributed by atoms with Gasteiger partial charge in [-0.25, -0.2) is 0 Å². The lowest BCUT2D eigenvalue weighted by Gasteiger charge is -2.38. The fourth-order valence-electron chi connectivity index (χ4n) is 6.12. The summed E-state index contributed by atoms with van der Waals surface area (Å²) in [5, 5.41) is 5.95. The molecule has 2 aromatic heterocycles. The highest BCUT2D eigenvalue weighted by atomic mass is 32.2. The number of methoxy groups -OCH3 is 2. The molecule has 4 heterocycles. The second-order valence-corrected chi connectivity index (χ2v) is 12.2. The topological polar surface area (TPSA) is 87.9 Å². The maximum atomic E-state index is 5.57. The lowest BCUT2D eigenvalue weighted by Crippen LogP contribution is -2.48. The van der Waals surface area contributed by atoms with Crippen LogP contribution < -0.4 is 29.1 Å². The van der Waals surface area contributed by atoms with Gasteiger partial charge in [-0.15, -0.1) is 11.8 Å². The van der Waals surface area contributed by atoms with Crippen LogP contribution in [0.15, 0.2) is 90.0 Å². The van der Waals surface area contributed by atoms with Gasteiger partial charge in [0.15, 0.2) is 11.5 Å². The number of hydrogen-bond donors (Lipinski definition) is 0. The van der Waals surface area contributed by atoms with E-state index in [4.69, 9.17) is 29.5 Å². The quantitative estimate of drug-likeness (QED) is 0.200. The van der Waals surface area contributed by atoms with Gasteiger partial charge in [-0.2, -0.15) is 24.7 Å². The summed E-state index contributed by atoms with van der Waals surface area (Å²) >= 11 is 1.61. The molecule has 0 bridgehead atoms. The summed E-state index contributed by atoms with van der Waals surface area (Å²) in [7, 11) is 3.28. The van der Waals surface area contributed by atoms with Crippen molar-refractivity contribution in [3.63, 3.8) is 0 Å². The number of benzene rings is 3. The summed E-state index contributed by atoms with van der Waals surface area (Å²) < 4.78 is 12.9. The first-order chi connectivity index (χ1) is 23.1. The Morgan fingerprint density at radius 3 is 1.53 bits per heavy atom. The van der Waals surface area contributed by atoms with Crippen LogP contribution in [0, 0.1) is 0 Å². The molecule has 0 unspecified atom stereocenters. The number of ether oxygens (including phenoxy) is 2. The summed E-state index contributed by atoms with van der Waals surface area (Å²) in [5.74, 6) is 3.19. The highest BCUT2D eigenvalue weighted by Crippen LogP contribution is 2.34. The zero-order valence-electron chi connectivity index (χ0n) is 27.0. The van der Waals surface area contributed by atoms with Crippen molar-refractivity contribution in [2.75, 3.05) is 92.4 Å². The molecular formula is C35H39N9O2S. The lowest BCUT2D eigenvalue weighted by atomic mass is 10.1. The molecule has 0 N–H and O–H groups in total. The zero-order valence-corrected chi connectivity index (χ0v) is 27.8. The van der Waals surface area contributed by atoms with Gasteiger partial charge >= 0.3 is 0 Å². The SMILES string of the molecule is COc1ccc(-c2cc(SC)n(-c3nc(N4CCN(c5ccccc5)CC4)nc(N4CCN(c5ccccc5)CC4)n3)n2)cc1OC. The predicted molar refractivity (Wildman–Crippen MR) is 189 cm³/mol. The monoisotopic (exact) mass is 649 g/mol. The number of hydrogen-bond acceptors (Lipinski definition) is 11. The predicted octanol–water partition coefficient (Wildman–Crippen LogP) is 5.12. The van der Waals surface area contributed by atoms with Crippen molar-refractivity contribution in [1.29, 1.82) is 0 Å². The molecule has 0 amide bonds. The first kappa shape index (κ1) is 30.7. The highest BCUT2D eigenvalue weighted by Gasteiger charge is 2.26. The van der Waals surface area contributed by atoms with Crippen LogP contribution in [0.25, 0.3) is 17.2 Å². The molecule has 2 aliphatic heterocycles. The summed E-state index contributed by atoms with van der Waals surface area (Å²) in [6, 6.07) is 29.0. The maximum absolute atomic E-state index is 5.57. The van der Waals surface area contributed by atoms with Gasteiger partial charge in [0.05, 0.1) is 19.9 Å². The number of thioether (sulfide) groups is 1. The number of rotatable bonds is 9. The molecule has 0 aliphatic carbocycles. The van der Waals surface area contributed by atoms with Crippen LogP contribution in [0.1, 0.15) is 0 Å². The van der Waals surface area contributed by atoms with Crippen molar-refractivity contribution in [2.24, 2.45) is 0 Å². The Kier molecular flexibility index (Phi) is 9.00. The molecule has 0 saturated carbocycles. The zero-order chi connectivity index (χ0) is 32.2. The van der Waals surface area contributed by atoms with Gasteiger partial charge in [0.1, 0.15) is 5.03 Å². The van der Waals surface area contributed by atoms with Crippen LogP contribution >= 0.6 is 11.8 Å². The van der Waals surface area contributed by atoms with Crippen molar-refractivity contribution >= 4 is 35.0 Å². The first-order valence-corrected chi connectivity index (χ1v) is 17.1. The second-order valence-electron chi connectivity index (χ2n) is 11.4. The Bertz CT molecular complexity index is 1710. The molecule has 2 fully saturated rings. The van der Waals surface area contributed by atoms with Crippen LogP contribution in [-0.2, 0) is 0 Å². The Hall–Kier alpha value is -4.97. The fourth-order valence-corrected chi connectivity index (χ4v) is 6.64. The van der Waals surface area contributed by atoms with Gasteiger partial charge in [-0.1, -0.05) is 36.4 Å². The molecule has 3 aromatic carbocycles. The first-order valence-electron chi connectivity index (χ1n) is 15.9. The molecule has 0 spiro atoms. The van der Waals surface area contributed by atoms with Gasteiger partial charge in [-0.05, 0) is 54.8 Å². The summed E-state index contributed by atoms with van der Waals surface area (Å²) in [6.07, 6.45) is 2.04. The van der Waals surface area contributed by atoms with Crippen LogP contribution in [0.4, 0.5) is 23.3 Å². The highest BCUT2D eigenvalue weighted by molar-refractivity contribution is 7.98. The van der Waals surface area contributed by atoms with Crippen molar-refractivity contribution in [3.05, 3.63) is 84.9 Å². The van der Waals surface area contributed by atoms with Crippen molar-refractivity contribution in [3.8, 4) is 28.7 Å². The van der Waals surface area contributed by atoms with E-state index < -0.39 is 0 Å². The van der Waals surface area contributed by atoms with E-state index in [0.717, 1.165) is 68.6 Å². The van der Waals surface area contributed by atoms with Gasteiger partial charge < -0.3 is 29.1 Å². The second kappa shape index (κ2) is 13.8. The number of anilines is 4. The van der Waals surface area contributed by atoms with E-state index in [2.05, 4.69) is 86.3 Å². The molecule has 242 valence electrons. The number of piperazine rings is 2. The van der Waals surface area contributed by atoms with Crippen LogP contribution in [0.2, 0.25) is 0 Å².